The molecular weight excluding hydrogens is 302 g/mol. The Hall–Kier alpha value is -2.49. The summed E-state index contributed by atoms with van der Waals surface area (Å²) in [6.07, 6.45) is 1.11. The minimum atomic E-state index is -0.0910. The van der Waals surface area contributed by atoms with Gasteiger partial charge in [-0.15, -0.1) is 0 Å². The first-order valence-corrected chi connectivity index (χ1v) is 8.22. The van der Waals surface area contributed by atoms with Gasteiger partial charge in [-0.3, -0.25) is 4.79 Å². The lowest BCUT2D eigenvalue weighted by Gasteiger charge is -2.17. The molecule has 0 bridgehead atoms. The van der Waals surface area contributed by atoms with Crippen LogP contribution in [0.15, 0.2) is 48.5 Å². The molecule has 1 unspecified atom stereocenters. The zero-order valence-corrected chi connectivity index (χ0v) is 14.5. The molecule has 24 heavy (non-hydrogen) atoms. The molecule has 1 N–H and O–H groups in total. The fourth-order valence-corrected chi connectivity index (χ4v) is 2.47. The molecule has 0 heterocycles. The first kappa shape index (κ1) is 17.9. The average Bonchev–Trinajstić information content (AvgIpc) is 2.60. The number of carbonyl (C=O) groups excluding carboxylic acids is 1. The molecule has 0 saturated heterocycles. The van der Waals surface area contributed by atoms with Crippen molar-refractivity contribution < 1.29 is 14.3 Å². The molecule has 2 aromatic rings. The lowest BCUT2D eigenvalue weighted by Crippen LogP contribution is -2.27. The Morgan fingerprint density at radius 2 is 1.83 bits per heavy atom. The van der Waals surface area contributed by atoms with Gasteiger partial charge in [-0.05, 0) is 38.5 Å². The van der Waals surface area contributed by atoms with Crippen LogP contribution in [0.2, 0.25) is 0 Å². The molecule has 0 fully saturated rings. The highest BCUT2D eigenvalue weighted by Crippen LogP contribution is 2.24. The molecule has 0 aliphatic carbocycles. The van der Waals surface area contributed by atoms with E-state index in [2.05, 4.69) is 5.32 Å². The van der Waals surface area contributed by atoms with Crippen LogP contribution in [0.25, 0.3) is 0 Å². The number of methoxy groups -OCH3 is 1. The summed E-state index contributed by atoms with van der Waals surface area (Å²) in [6, 6.07) is 15.5. The van der Waals surface area contributed by atoms with Gasteiger partial charge in [-0.2, -0.15) is 0 Å². The van der Waals surface area contributed by atoms with Crippen molar-refractivity contribution in [2.24, 2.45) is 0 Å². The minimum absolute atomic E-state index is 0.0147. The highest BCUT2D eigenvalue weighted by molar-refractivity contribution is 5.76. The standard InChI is InChI=1S/C20H25NO3/c1-15-10-12-17(13-11-15)24-14-6-9-20(22)21-16(2)18-7-4-5-8-19(18)23-3/h4-5,7-8,10-13,16H,6,9,14H2,1-3H3,(H,21,22). The summed E-state index contributed by atoms with van der Waals surface area (Å²) in [7, 11) is 1.63. The van der Waals surface area contributed by atoms with E-state index < -0.39 is 0 Å². The maximum absolute atomic E-state index is 12.1. The van der Waals surface area contributed by atoms with Crippen LogP contribution in [-0.2, 0) is 4.79 Å². The van der Waals surface area contributed by atoms with Crippen molar-refractivity contribution >= 4 is 5.91 Å². The van der Waals surface area contributed by atoms with E-state index in [1.54, 1.807) is 7.11 Å². The van der Waals surface area contributed by atoms with E-state index >= 15 is 0 Å². The van der Waals surface area contributed by atoms with Gasteiger partial charge in [0, 0.05) is 12.0 Å². The van der Waals surface area contributed by atoms with Gasteiger partial charge in [0.1, 0.15) is 11.5 Å². The molecule has 0 radical (unpaired) electrons. The zero-order chi connectivity index (χ0) is 17.4. The number of aryl methyl sites for hydroxylation is 1. The fourth-order valence-electron chi connectivity index (χ4n) is 2.47. The summed E-state index contributed by atoms with van der Waals surface area (Å²) in [6.45, 7) is 4.52. The van der Waals surface area contributed by atoms with Crippen molar-refractivity contribution in [3.63, 3.8) is 0 Å². The van der Waals surface area contributed by atoms with Crippen LogP contribution in [0.4, 0.5) is 0 Å². The van der Waals surface area contributed by atoms with E-state index in [0.717, 1.165) is 17.1 Å². The zero-order valence-electron chi connectivity index (χ0n) is 14.5. The fraction of sp³-hybridized carbons (Fsp3) is 0.350. The highest BCUT2D eigenvalue weighted by atomic mass is 16.5. The van der Waals surface area contributed by atoms with Gasteiger partial charge in [-0.25, -0.2) is 0 Å². The normalized spacial score (nSPS) is 11.6. The number of para-hydroxylation sites is 1. The van der Waals surface area contributed by atoms with Gasteiger partial charge in [0.05, 0.1) is 19.8 Å². The Morgan fingerprint density at radius 3 is 2.54 bits per heavy atom. The third-order valence-electron chi connectivity index (χ3n) is 3.82. The molecule has 0 aliphatic rings. The van der Waals surface area contributed by atoms with Crippen molar-refractivity contribution in [1.29, 1.82) is 0 Å². The van der Waals surface area contributed by atoms with E-state index in [0.29, 0.717) is 19.4 Å². The largest absolute Gasteiger partial charge is 0.496 e. The molecule has 2 aromatic carbocycles. The number of amides is 1. The van der Waals surface area contributed by atoms with Gasteiger partial charge >= 0.3 is 0 Å². The van der Waals surface area contributed by atoms with E-state index in [9.17, 15) is 4.79 Å². The predicted molar refractivity (Wildman–Crippen MR) is 95.5 cm³/mol. The van der Waals surface area contributed by atoms with Crippen LogP contribution in [0.3, 0.4) is 0 Å². The van der Waals surface area contributed by atoms with Crippen LogP contribution in [0.1, 0.15) is 36.9 Å². The Balaban J connectivity index is 1.73. The van der Waals surface area contributed by atoms with E-state index in [4.69, 9.17) is 9.47 Å². The van der Waals surface area contributed by atoms with Crippen LogP contribution < -0.4 is 14.8 Å². The van der Waals surface area contributed by atoms with Crippen molar-refractivity contribution in [2.75, 3.05) is 13.7 Å². The third kappa shape index (κ3) is 5.30. The number of ether oxygens (including phenoxy) is 2. The predicted octanol–water partition coefficient (Wildman–Crippen LogP) is 4.04. The second-order valence-electron chi connectivity index (χ2n) is 5.80. The van der Waals surface area contributed by atoms with E-state index in [1.165, 1.54) is 5.56 Å². The summed E-state index contributed by atoms with van der Waals surface area (Å²) >= 11 is 0. The van der Waals surface area contributed by atoms with Gasteiger partial charge in [-0.1, -0.05) is 35.9 Å². The van der Waals surface area contributed by atoms with Gasteiger partial charge < -0.3 is 14.8 Å². The molecule has 4 nitrogen and oxygen atoms in total. The van der Waals surface area contributed by atoms with Crippen LogP contribution in [-0.4, -0.2) is 19.6 Å². The van der Waals surface area contributed by atoms with Crippen molar-refractivity contribution in [2.45, 2.75) is 32.7 Å². The van der Waals surface area contributed by atoms with Gasteiger partial charge in [0.25, 0.3) is 0 Å². The topological polar surface area (TPSA) is 47.6 Å². The van der Waals surface area contributed by atoms with Crippen LogP contribution in [0.5, 0.6) is 11.5 Å². The smallest absolute Gasteiger partial charge is 0.220 e. The number of rotatable bonds is 8. The van der Waals surface area contributed by atoms with Crippen molar-refractivity contribution in [3.05, 3.63) is 59.7 Å². The summed E-state index contributed by atoms with van der Waals surface area (Å²) in [5, 5.41) is 3.00. The van der Waals surface area contributed by atoms with Gasteiger partial charge in [0.2, 0.25) is 5.91 Å². The Kier molecular flexibility index (Phi) is 6.67. The number of benzene rings is 2. The first-order valence-electron chi connectivity index (χ1n) is 8.22. The second kappa shape index (κ2) is 8.96. The van der Waals surface area contributed by atoms with Crippen LogP contribution in [0, 0.1) is 6.92 Å². The quantitative estimate of drug-likeness (QED) is 0.744. The van der Waals surface area contributed by atoms with Crippen molar-refractivity contribution in [1.82, 2.24) is 5.32 Å². The van der Waals surface area contributed by atoms with E-state index in [1.807, 2.05) is 62.4 Å². The molecule has 1 atom stereocenters. The molecule has 0 aromatic heterocycles. The first-order chi connectivity index (χ1) is 11.6. The lowest BCUT2D eigenvalue weighted by atomic mass is 10.1. The Bertz CT molecular complexity index is 652. The molecule has 4 heteroatoms. The SMILES string of the molecule is COc1ccccc1C(C)NC(=O)CCCOc1ccc(C)cc1. The van der Waals surface area contributed by atoms with Crippen LogP contribution >= 0.6 is 0 Å². The maximum atomic E-state index is 12.1. The number of carbonyl (C=O) groups is 1. The number of hydrogen-bond acceptors (Lipinski definition) is 3. The lowest BCUT2D eigenvalue weighted by molar-refractivity contribution is -0.121. The van der Waals surface area contributed by atoms with E-state index in [-0.39, 0.29) is 11.9 Å². The minimum Gasteiger partial charge on any atom is -0.496 e. The summed E-state index contributed by atoms with van der Waals surface area (Å²) < 4.78 is 11.0. The second-order valence-corrected chi connectivity index (χ2v) is 5.80. The maximum Gasteiger partial charge on any atom is 0.220 e. The summed E-state index contributed by atoms with van der Waals surface area (Å²) in [5.41, 5.74) is 2.18. The summed E-state index contributed by atoms with van der Waals surface area (Å²) in [4.78, 5) is 12.1. The molecule has 2 rings (SSSR count). The number of hydrogen-bond donors (Lipinski definition) is 1. The molecule has 1 amide bonds. The number of nitrogens with one attached hydrogen (secondary N) is 1. The molecule has 128 valence electrons. The average molecular weight is 327 g/mol. The Labute approximate surface area is 143 Å². The van der Waals surface area contributed by atoms with Gasteiger partial charge in [0.15, 0.2) is 0 Å². The molecule has 0 saturated carbocycles. The highest BCUT2D eigenvalue weighted by Gasteiger charge is 2.13. The Morgan fingerprint density at radius 1 is 1.12 bits per heavy atom. The van der Waals surface area contributed by atoms with Crippen molar-refractivity contribution in [3.8, 4) is 11.5 Å². The summed E-state index contributed by atoms with van der Waals surface area (Å²) in [5.74, 6) is 1.64. The molecule has 0 aliphatic heterocycles. The third-order valence-corrected chi connectivity index (χ3v) is 3.82. The monoisotopic (exact) mass is 327 g/mol. The molecule has 0 spiro atoms. The molecular formula is C20H25NO3.